The second kappa shape index (κ2) is 5.16. The normalized spacial score (nSPS) is 12.0. The molecule has 7 nitrogen and oxygen atoms in total. The number of esters is 2. The summed E-state index contributed by atoms with van der Waals surface area (Å²) in [6.45, 7) is -1.80. The van der Waals surface area contributed by atoms with Crippen LogP contribution in [-0.4, -0.2) is 43.4 Å². The van der Waals surface area contributed by atoms with E-state index in [2.05, 4.69) is 9.47 Å². The molecule has 94 valence electrons. The van der Waals surface area contributed by atoms with Crippen LogP contribution in [0, 0.1) is 0 Å². The SMILES string of the molecule is CC(=O)OCC(=O)OCC(F)(F)S(=O)(=O)O. The van der Waals surface area contributed by atoms with Gasteiger partial charge < -0.3 is 9.47 Å². The van der Waals surface area contributed by atoms with Crippen molar-refractivity contribution in [2.24, 2.45) is 0 Å². The molecule has 0 bridgehead atoms. The largest absolute Gasteiger partial charge is 0.455 e. The minimum atomic E-state index is -5.65. The Morgan fingerprint density at radius 1 is 1.31 bits per heavy atom. The van der Waals surface area contributed by atoms with E-state index in [1.165, 1.54) is 0 Å². The van der Waals surface area contributed by atoms with Gasteiger partial charge in [-0.15, -0.1) is 0 Å². The third kappa shape index (κ3) is 4.98. The first-order chi connectivity index (χ1) is 7.06. The van der Waals surface area contributed by atoms with Gasteiger partial charge in [0.2, 0.25) is 0 Å². The molecular weight excluding hydrogens is 254 g/mol. The van der Waals surface area contributed by atoms with E-state index in [4.69, 9.17) is 4.55 Å². The standard InChI is InChI=1S/C6H8F2O7S/c1-4(9)14-2-5(10)15-3-6(7,8)16(11,12)13/h2-3H2,1H3,(H,11,12,13). The fourth-order valence-electron chi connectivity index (χ4n) is 0.441. The molecule has 0 aliphatic heterocycles. The number of carbonyl (C=O) groups is 2. The van der Waals surface area contributed by atoms with Gasteiger partial charge in [0.05, 0.1) is 0 Å². The highest BCUT2D eigenvalue weighted by molar-refractivity contribution is 7.86. The minimum Gasteiger partial charge on any atom is -0.455 e. The molecule has 0 aromatic rings. The maximum absolute atomic E-state index is 12.5. The van der Waals surface area contributed by atoms with Crippen molar-refractivity contribution in [3.8, 4) is 0 Å². The second-order valence-electron chi connectivity index (χ2n) is 2.55. The van der Waals surface area contributed by atoms with Crippen LogP contribution in [0.2, 0.25) is 0 Å². The van der Waals surface area contributed by atoms with Crippen LogP contribution >= 0.6 is 0 Å². The van der Waals surface area contributed by atoms with Gasteiger partial charge in [0.15, 0.2) is 13.2 Å². The smallest absolute Gasteiger partial charge is 0.402 e. The zero-order chi connectivity index (χ0) is 13.0. The van der Waals surface area contributed by atoms with Crippen LogP contribution in [0.15, 0.2) is 0 Å². The first kappa shape index (κ1) is 14.7. The van der Waals surface area contributed by atoms with Crippen molar-refractivity contribution in [2.75, 3.05) is 13.2 Å². The molecule has 1 N–H and O–H groups in total. The maximum atomic E-state index is 12.5. The number of alkyl halides is 2. The van der Waals surface area contributed by atoms with Crippen molar-refractivity contribution in [3.05, 3.63) is 0 Å². The van der Waals surface area contributed by atoms with E-state index in [9.17, 15) is 26.8 Å². The Kier molecular flexibility index (Phi) is 4.75. The van der Waals surface area contributed by atoms with E-state index in [1.807, 2.05) is 0 Å². The molecule has 0 radical (unpaired) electrons. The number of hydrogen-bond donors (Lipinski definition) is 1. The highest BCUT2D eigenvalue weighted by atomic mass is 32.2. The predicted octanol–water partition coefficient (Wildman–Crippen LogP) is -0.427. The molecule has 0 saturated carbocycles. The first-order valence-electron chi connectivity index (χ1n) is 3.70. The Bertz CT molecular complexity index is 374. The molecule has 16 heavy (non-hydrogen) atoms. The lowest BCUT2D eigenvalue weighted by atomic mass is 10.7. The van der Waals surface area contributed by atoms with Gasteiger partial charge in [-0.25, -0.2) is 4.79 Å². The molecular formula is C6H8F2O7S. The zero-order valence-electron chi connectivity index (χ0n) is 7.98. The summed E-state index contributed by atoms with van der Waals surface area (Å²) in [5, 5.41) is -4.60. The van der Waals surface area contributed by atoms with E-state index < -0.39 is 40.5 Å². The van der Waals surface area contributed by atoms with Gasteiger partial charge in [-0.2, -0.15) is 17.2 Å². The Hall–Kier alpha value is -1.29. The molecule has 0 rings (SSSR count). The molecule has 0 spiro atoms. The van der Waals surface area contributed by atoms with E-state index in [-0.39, 0.29) is 0 Å². The summed E-state index contributed by atoms with van der Waals surface area (Å²) in [5.41, 5.74) is 0. The predicted molar refractivity (Wildman–Crippen MR) is 44.1 cm³/mol. The molecule has 0 aliphatic rings. The highest BCUT2D eigenvalue weighted by Crippen LogP contribution is 2.20. The molecule has 0 aromatic carbocycles. The van der Waals surface area contributed by atoms with Crippen LogP contribution in [0.4, 0.5) is 8.78 Å². The molecule has 0 amide bonds. The Morgan fingerprint density at radius 2 is 1.81 bits per heavy atom. The summed E-state index contributed by atoms with van der Waals surface area (Å²) in [6.07, 6.45) is 0. The van der Waals surface area contributed by atoms with Gasteiger partial charge in [0.25, 0.3) is 0 Å². The third-order valence-corrected chi connectivity index (χ3v) is 2.04. The molecule has 0 atom stereocenters. The van der Waals surface area contributed by atoms with Gasteiger partial charge in [0.1, 0.15) is 0 Å². The monoisotopic (exact) mass is 262 g/mol. The molecule has 0 aromatic heterocycles. The van der Waals surface area contributed by atoms with Crippen molar-refractivity contribution in [1.29, 1.82) is 0 Å². The lowest BCUT2D eigenvalue weighted by Crippen LogP contribution is -2.35. The Morgan fingerprint density at radius 3 is 2.19 bits per heavy atom. The summed E-state index contributed by atoms with van der Waals surface area (Å²) in [4.78, 5) is 20.8. The number of carbonyl (C=O) groups excluding carboxylic acids is 2. The van der Waals surface area contributed by atoms with Gasteiger partial charge in [-0.05, 0) is 0 Å². The topological polar surface area (TPSA) is 107 Å². The van der Waals surface area contributed by atoms with Crippen LogP contribution < -0.4 is 0 Å². The average molecular weight is 262 g/mol. The van der Waals surface area contributed by atoms with Gasteiger partial charge in [0, 0.05) is 6.92 Å². The molecule has 10 heteroatoms. The highest BCUT2D eigenvalue weighted by Gasteiger charge is 2.45. The summed E-state index contributed by atoms with van der Waals surface area (Å²) in [5.74, 6) is -2.20. The van der Waals surface area contributed by atoms with Crippen LogP contribution in [0.3, 0.4) is 0 Å². The molecule has 0 aliphatic carbocycles. The third-order valence-electron chi connectivity index (χ3n) is 1.17. The Balaban J connectivity index is 4.16. The Labute approximate surface area is 89.1 Å². The summed E-state index contributed by atoms with van der Waals surface area (Å²) in [6, 6.07) is 0. The maximum Gasteiger partial charge on any atom is 0.402 e. The molecule has 0 unspecified atom stereocenters. The van der Waals surface area contributed by atoms with Gasteiger partial charge in [-0.3, -0.25) is 9.35 Å². The van der Waals surface area contributed by atoms with Crippen LogP contribution in [0.25, 0.3) is 0 Å². The zero-order valence-corrected chi connectivity index (χ0v) is 8.79. The minimum absolute atomic E-state index is 0.835. The number of ether oxygens (including phenoxy) is 2. The fraction of sp³-hybridized carbons (Fsp3) is 0.667. The van der Waals surface area contributed by atoms with E-state index >= 15 is 0 Å². The van der Waals surface area contributed by atoms with Crippen LogP contribution in [0.1, 0.15) is 6.92 Å². The molecule has 0 saturated heterocycles. The summed E-state index contributed by atoms with van der Waals surface area (Å²) >= 11 is 0. The fourth-order valence-corrected chi connectivity index (χ4v) is 0.649. The van der Waals surface area contributed by atoms with E-state index in [0.717, 1.165) is 6.92 Å². The number of rotatable bonds is 5. The van der Waals surface area contributed by atoms with Crippen molar-refractivity contribution in [3.63, 3.8) is 0 Å². The van der Waals surface area contributed by atoms with Gasteiger partial charge >= 0.3 is 27.3 Å². The van der Waals surface area contributed by atoms with E-state index in [1.54, 1.807) is 0 Å². The molecule has 0 fully saturated rings. The number of hydrogen-bond acceptors (Lipinski definition) is 6. The number of halogens is 2. The first-order valence-corrected chi connectivity index (χ1v) is 5.14. The van der Waals surface area contributed by atoms with Crippen LogP contribution in [0.5, 0.6) is 0 Å². The molecule has 0 heterocycles. The van der Waals surface area contributed by atoms with Crippen molar-refractivity contribution in [1.82, 2.24) is 0 Å². The van der Waals surface area contributed by atoms with Crippen molar-refractivity contribution in [2.45, 2.75) is 12.2 Å². The summed E-state index contributed by atoms with van der Waals surface area (Å²) in [7, 11) is -5.65. The summed E-state index contributed by atoms with van der Waals surface area (Å²) < 4.78 is 60.9. The quantitative estimate of drug-likeness (QED) is 0.529. The van der Waals surface area contributed by atoms with Crippen molar-refractivity contribution >= 4 is 22.1 Å². The van der Waals surface area contributed by atoms with E-state index in [0.29, 0.717) is 0 Å². The van der Waals surface area contributed by atoms with Gasteiger partial charge in [-0.1, -0.05) is 0 Å². The lowest BCUT2D eigenvalue weighted by molar-refractivity contribution is -0.161. The van der Waals surface area contributed by atoms with Crippen LogP contribution in [-0.2, 0) is 29.2 Å². The lowest BCUT2D eigenvalue weighted by Gasteiger charge is -2.12. The second-order valence-corrected chi connectivity index (χ2v) is 4.10. The van der Waals surface area contributed by atoms with Crippen molar-refractivity contribution < 1.29 is 40.8 Å². The average Bonchev–Trinajstić information content (AvgIpc) is 2.09.